The minimum Gasteiger partial charge on any atom is -0.460 e. The van der Waals surface area contributed by atoms with Gasteiger partial charge in [-0.15, -0.1) is 0 Å². The molecule has 38 heavy (non-hydrogen) atoms. The number of aliphatic hydroxyl groups excluding tert-OH is 1. The van der Waals surface area contributed by atoms with Gasteiger partial charge in [0.25, 0.3) is 0 Å². The molecule has 0 aromatic carbocycles. The van der Waals surface area contributed by atoms with Crippen LogP contribution in [0, 0.1) is 5.92 Å². The molecule has 1 rings (SSSR count). The Balaban J connectivity index is 2.36. The van der Waals surface area contributed by atoms with Crippen molar-refractivity contribution in [1.82, 2.24) is 0 Å². The second-order valence-electron chi connectivity index (χ2n) is 11.9. The van der Waals surface area contributed by atoms with Crippen molar-refractivity contribution in [3.63, 3.8) is 0 Å². The van der Waals surface area contributed by atoms with Crippen molar-refractivity contribution in [3.05, 3.63) is 24.3 Å². The molecule has 0 saturated carbocycles. The van der Waals surface area contributed by atoms with Crippen LogP contribution in [0.25, 0.3) is 0 Å². The number of allylic oxidation sites excluding steroid dienone is 4. The highest BCUT2D eigenvalue weighted by Gasteiger charge is 2.32. The summed E-state index contributed by atoms with van der Waals surface area (Å²) in [5, 5.41) is 11.0. The fourth-order valence-electron chi connectivity index (χ4n) is 4.86. The maximum atomic E-state index is 12.7. The molecule has 5 heteroatoms. The van der Waals surface area contributed by atoms with Crippen LogP contribution < -0.4 is 0 Å². The van der Waals surface area contributed by atoms with Crippen LogP contribution in [-0.4, -0.2) is 41.8 Å². The Morgan fingerprint density at radius 3 is 2.21 bits per heavy atom. The number of hydrogen-bond acceptors (Lipinski definition) is 5. The molecule has 0 aromatic rings. The quantitative estimate of drug-likeness (QED) is 0.0901. The van der Waals surface area contributed by atoms with Crippen molar-refractivity contribution in [1.29, 1.82) is 0 Å². The first-order chi connectivity index (χ1) is 18.3. The molecule has 1 N–H and O–H groups in total. The van der Waals surface area contributed by atoms with Crippen LogP contribution in [-0.2, 0) is 19.0 Å². The molecule has 0 amide bonds. The monoisotopic (exact) mass is 536 g/mol. The average molecular weight is 537 g/mol. The van der Waals surface area contributed by atoms with E-state index in [4.69, 9.17) is 14.2 Å². The van der Waals surface area contributed by atoms with Gasteiger partial charge in [0, 0.05) is 13.0 Å². The van der Waals surface area contributed by atoms with E-state index in [1.165, 1.54) is 44.9 Å². The average Bonchev–Trinajstić information content (AvgIpc) is 2.86. The predicted molar refractivity (Wildman–Crippen MR) is 158 cm³/mol. The van der Waals surface area contributed by atoms with Crippen LogP contribution in [0.2, 0.25) is 0 Å². The highest BCUT2D eigenvalue weighted by Crippen LogP contribution is 2.25. The van der Waals surface area contributed by atoms with E-state index in [0.29, 0.717) is 12.8 Å². The third kappa shape index (κ3) is 18.2. The van der Waals surface area contributed by atoms with Crippen LogP contribution in [0.1, 0.15) is 144 Å². The van der Waals surface area contributed by atoms with Gasteiger partial charge in [-0.05, 0) is 85.0 Å². The van der Waals surface area contributed by atoms with Crippen molar-refractivity contribution in [2.24, 2.45) is 5.92 Å². The first-order valence-corrected chi connectivity index (χ1v) is 15.7. The van der Waals surface area contributed by atoms with Crippen molar-refractivity contribution >= 4 is 5.97 Å². The molecule has 222 valence electrons. The fraction of sp³-hybridized carbons (Fsp3) is 0.848. The van der Waals surface area contributed by atoms with Gasteiger partial charge in [0.2, 0.25) is 0 Å². The van der Waals surface area contributed by atoms with Gasteiger partial charge in [-0.2, -0.15) is 0 Å². The van der Waals surface area contributed by atoms with Crippen molar-refractivity contribution < 1.29 is 24.1 Å². The minimum atomic E-state index is -0.776. The molecule has 4 unspecified atom stereocenters. The first kappa shape index (κ1) is 34.9. The van der Waals surface area contributed by atoms with Gasteiger partial charge in [0.1, 0.15) is 5.60 Å². The molecule has 5 nitrogen and oxygen atoms in total. The minimum absolute atomic E-state index is 0.109. The summed E-state index contributed by atoms with van der Waals surface area (Å²) in [6, 6.07) is 0. The van der Waals surface area contributed by atoms with Crippen LogP contribution in [0.15, 0.2) is 24.3 Å². The Morgan fingerprint density at radius 2 is 1.61 bits per heavy atom. The summed E-state index contributed by atoms with van der Waals surface area (Å²) >= 11 is 0. The topological polar surface area (TPSA) is 65.0 Å². The number of carbonyl (C=O) groups is 1. The number of rotatable bonds is 21. The van der Waals surface area contributed by atoms with E-state index in [1.54, 1.807) is 0 Å². The lowest BCUT2D eigenvalue weighted by atomic mass is 9.92. The number of carbonyl (C=O) groups excluding carboxylic acids is 1. The van der Waals surface area contributed by atoms with Gasteiger partial charge in [-0.3, -0.25) is 4.79 Å². The van der Waals surface area contributed by atoms with Crippen molar-refractivity contribution in [2.45, 2.75) is 168 Å². The molecule has 0 aromatic heterocycles. The summed E-state index contributed by atoms with van der Waals surface area (Å²) in [6.07, 6.45) is 26.4. The number of ether oxygens (including phenoxy) is 3. The number of hydrogen-bond donors (Lipinski definition) is 1. The van der Waals surface area contributed by atoms with E-state index in [-0.39, 0.29) is 18.4 Å². The zero-order valence-electron chi connectivity index (χ0n) is 25.4. The third-order valence-electron chi connectivity index (χ3n) is 7.08. The Kier molecular flexibility index (Phi) is 19.8. The third-order valence-corrected chi connectivity index (χ3v) is 7.08. The molecule has 1 fully saturated rings. The van der Waals surface area contributed by atoms with Gasteiger partial charge >= 0.3 is 5.97 Å². The van der Waals surface area contributed by atoms with E-state index in [1.807, 2.05) is 27.7 Å². The fourth-order valence-corrected chi connectivity index (χ4v) is 4.86. The van der Waals surface area contributed by atoms with E-state index < -0.39 is 17.6 Å². The Hall–Kier alpha value is -1.17. The lowest BCUT2D eigenvalue weighted by Gasteiger charge is -2.31. The molecule has 1 aliphatic rings. The largest absolute Gasteiger partial charge is 0.460 e. The molecular weight excluding hydrogens is 476 g/mol. The lowest BCUT2D eigenvalue weighted by Crippen LogP contribution is -2.38. The number of unbranched alkanes of at least 4 members (excludes halogenated alkanes) is 8. The molecule has 1 heterocycles. The van der Waals surface area contributed by atoms with Crippen LogP contribution in [0.4, 0.5) is 0 Å². The molecule has 1 aliphatic heterocycles. The first-order valence-electron chi connectivity index (χ1n) is 15.7. The highest BCUT2D eigenvalue weighted by atomic mass is 16.7. The lowest BCUT2D eigenvalue weighted by molar-refractivity contribution is -0.196. The number of esters is 1. The van der Waals surface area contributed by atoms with Crippen LogP contribution in [0.3, 0.4) is 0 Å². The highest BCUT2D eigenvalue weighted by molar-refractivity contribution is 5.73. The van der Waals surface area contributed by atoms with E-state index >= 15 is 0 Å². The SMILES string of the molecule is CCCCCC=CCC=CCCCCCCCC(CC(O)C(CC)C(=O)OC(C)(C)C)OC1CCCCO1. The molecule has 4 atom stereocenters. The molecule has 0 spiro atoms. The zero-order chi connectivity index (χ0) is 28.1. The molecular formula is C33H60O5. The van der Waals surface area contributed by atoms with E-state index in [0.717, 1.165) is 58.0 Å². The summed E-state index contributed by atoms with van der Waals surface area (Å²) in [6.45, 7) is 10.5. The summed E-state index contributed by atoms with van der Waals surface area (Å²) in [4.78, 5) is 12.7. The number of aliphatic hydroxyl groups is 1. The second kappa shape index (κ2) is 21.6. The van der Waals surface area contributed by atoms with Crippen molar-refractivity contribution in [2.75, 3.05) is 6.61 Å². The van der Waals surface area contributed by atoms with E-state index in [9.17, 15) is 9.90 Å². The maximum Gasteiger partial charge on any atom is 0.312 e. The predicted octanol–water partition coefficient (Wildman–Crippen LogP) is 8.83. The molecule has 1 saturated heterocycles. The van der Waals surface area contributed by atoms with Crippen LogP contribution in [0.5, 0.6) is 0 Å². The maximum absolute atomic E-state index is 12.7. The van der Waals surface area contributed by atoms with Gasteiger partial charge in [0.05, 0.1) is 18.1 Å². The summed E-state index contributed by atoms with van der Waals surface area (Å²) < 4.78 is 17.7. The van der Waals surface area contributed by atoms with Gasteiger partial charge in [-0.25, -0.2) is 0 Å². The standard InChI is InChI=1S/C33H60O5/c1-6-8-9-10-11-12-13-14-15-16-17-18-19-20-21-24-28(37-31-25-22-23-26-36-31)27-30(34)29(7-2)32(35)38-33(3,4)5/h11-12,14-15,28-31,34H,6-10,13,16-27H2,1-5H3. The molecule has 0 bridgehead atoms. The Labute approximate surface area is 234 Å². The zero-order valence-corrected chi connectivity index (χ0v) is 25.4. The smallest absolute Gasteiger partial charge is 0.312 e. The Morgan fingerprint density at radius 1 is 0.947 bits per heavy atom. The summed E-state index contributed by atoms with van der Waals surface area (Å²) in [5.74, 6) is -0.852. The normalized spacial score (nSPS) is 19.2. The van der Waals surface area contributed by atoms with Gasteiger partial charge in [0.15, 0.2) is 6.29 Å². The summed E-state index contributed by atoms with van der Waals surface area (Å²) in [5.41, 5.74) is -0.559. The van der Waals surface area contributed by atoms with Gasteiger partial charge < -0.3 is 19.3 Å². The summed E-state index contributed by atoms with van der Waals surface area (Å²) in [7, 11) is 0. The molecule has 0 radical (unpaired) electrons. The van der Waals surface area contributed by atoms with Crippen LogP contribution >= 0.6 is 0 Å². The van der Waals surface area contributed by atoms with E-state index in [2.05, 4.69) is 31.2 Å². The molecule has 0 aliphatic carbocycles. The van der Waals surface area contributed by atoms with Crippen molar-refractivity contribution in [3.8, 4) is 0 Å². The second-order valence-corrected chi connectivity index (χ2v) is 11.9. The Bertz CT molecular complexity index is 630. The van der Waals surface area contributed by atoms with Gasteiger partial charge in [-0.1, -0.05) is 76.7 Å².